The molecule has 2 N–H and O–H groups in total. The number of aromatic nitrogens is 3. The number of benzene rings is 1. The van der Waals surface area contributed by atoms with Crippen LogP contribution in [-0.2, 0) is 7.05 Å². The van der Waals surface area contributed by atoms with Crippen LogP contribution in [0.5, 0.6) is 0 Å². The monoisotopic (exact) mass is 242 g/mol. The van der Waals surface area contributed by atoms with E-state index in [0.29, 0.717) is 22.7 Å². The van der Waals surface area contributed by atoms with Crippen LogP contribution in [0.25, 0.3) is 22.6 Å². The second-order valence-electron chi connectivity index (χ2n) is 4.38. The van der Waals surface area contributed by atoms with Crippen molar-refractivity contribution < 1.29 is 4.42 Å². The molecule has 0 spiro atoms. The molecule has 0 saturated heterocycles. The highest BCUT2D eigenvalue weighted by molar-refractivity contribution is 5.87. The van der Waals surface area contributed by atoms with Crippen molar-refractivity contribution in [2.75, 3.05) is 5.73 Å². The summed E-state index contributed by atoms with van der Waals surface area (Å²) in [5.41, 5.74) is 10.8. The van der Waals surface area contributed by atoms with Crippen LogP contribution in [0.3, 0.4) is 0 Å². The molecule has 5 heteroatoms. The van der Waals surface area contributed by atoms with Gasteiger partial charge in [-0.1, -0.05) is 6.07 Å². The highest BCUT2D eigenvalue weighted by atomic mass is 16.3. The van der Waals surface area contributed by atoms with E-state index in [4.69, 9.17) is 10.2 Å². The lowest BCUT2D eigenvalue weighted by molar-refractivity contribution is 0.618. The van der Waals surface area contributed by atoms with Gasteiger partial charge in [-0.25, -0.2) is 4.98 Å². The van der Waals surface area contributed by atoms with Gasteiger partial charge in [0.05, 0.1) is 16.9 Å². The smallest absolute Gasteiger partial charge is 0.231 e. The molecule has 2 heterocycles. The van der Waals surface area contributed by atoms with E-state index in [2.05, 4.69) is 10.1 Å². The minimum absolute atomic E-state index is 0.575. The van der Waals surface area contributed by atoms with Gasteiger partial charge < -0.3 is 10.2 Å². The summed E-state index contributed by atoms with van der Waals surface area (Å²) in [5.74, 6) is 0.575. The number of fused-ring (bicyclic) bond motifs is 1. The molecule has 0 radical (unpaired) electrons. The minimum atomic E-state index is 0.575. The number of nitrogen functional groups attached to an aromatic ring is 1. The molecule has 92 valence electrons. The summed E-state index contributed by atoms with van der Waals surface area (Å²) >= 11 is 0. The maximum absolute atomic E-state index is 5.89. The molecule has 0 atom stereocenters. The van der Waals surface area contributed by atoms with Crippen LogP contribution in [0.1, 0.15) is 11.4 Å². The van der Waals surface area contributed by atoms with Gasteiger partial charge in [0, 0.05) is 12.7 Å². The zero-order valence-corrected chi connectivity index (χ0v) is 10.6. The number of para-hydroxylation sites is 1. The van der Waals surface area contributed by atoms with Crippen LogP contribution < -0.4 is 5.73 Å². The molecular formula is C13H14N4O. The van der Waals surface area contributed by atoms with Gasteiger partial charge in [-0.05, 0) is 26.0 Å². The summed E-state index contributed by atoms with van der Waals surface area (Å²) in [6, 6.07) is 5.54. The second-order valence-corrected chi connectivity index (χ2v) is 4.38. The standard InChI is InChI=1S/C13H14N4O/c1-7-11(8(2)17(3)16-7)13-15-12-9(14)5-4-6-10(12)18-13/h4-6H,14H2,1-3H3. The van der Waals surface area contributed by atoms with Gasteiger partial charge >= 0.3 is 0 Å². The van der Waals surface area contributed by atoms with Crippen LogP contribution in [0.15, 0.2) is 22.6 Å². The zero-order chi connectivity index (χ0) is 12.9. The van der Waals surface area contributed by atoms with Crippen molar-refractivity contribution in [1.82, 2.24) is 14.8 Å². The van der Waals surface area contributed by atoms with Crippen LogP contribution in [0.2, 0.25) is 0 Å². The molecule has 2 aromatic heterocycles. The van der Waals surface area contributed by atoms with Gasteiger partial charge in [0.25, 0.3) is 0 Å². The fourth-order valence-corrected chi connectivity index (χ4v) is 2.16. The highest BCUT2D eigenvalue weighted by Crippen LogP contribution is 2.30. The Labute approximate surface area is 104 Å². The Balaban J connectivity index is 2.29. The lowest BCUT2D eigenvalue weighted by Gasteiger charge is -1.95. The average molecular weight is 242 g/mol. The van der Waals surface area contributed by atoms with E-state index in [1.165, 1.54) is 0 Å². The minimum Gasteiger partial charge on any atom is -0.436 e. The average Bonchev–Trinajstić information content (AvgIpc) is 2.83. The Bertz CT molecular complexity index is 739. The quantitative estimate of drug-likeness (QED) is 0.665. The molecule has 3 rings (SSSR count). The predicted octanol–water partition coefficient (Wildman–Crippen LogP) is 2.43. The number of hydrogen-bond acceptors (Lipinski definition) is 4. The number of anilines is 1. The van der Waals surface area contributed by atoms with Gasteiger partial charge in [-0.3, -0.25) is 4.68 Å². The molecule has 0 fully saturated rings. The summed E-state index contributed by atoms with van der Waals surface area (Å²) in [6.45, 7) is 3.94. The van der Waals surface area contributed by atoms with E-state index in [1.54, 1.807) is 0 Å². The SMILES string of the molecule is Cc1nn(C)c(C)c1-c1nc2c(N)cccc2o1. The fourth-order valence-electron chi connectivity index (χ4n) is 2.16. The molecule has 1 aromatic carbocycles. The Morgan fingerprint density at radius 2 is 2.06 bits per heavy atom. The summed E-state index contributed by atoms with van der Waals surface area (Å²) in [7, 11) is 1.91. The number of oxazole rings is 1. The Hall–Kier alpha value is -2.30. The molecular weight excluding hydrogens is 228 g/mol. The molecule has 0 saturated carbocycles. The molecule has 0 bridgehead atoms. The van der Waals surface area contributed by atoms with E-state index in [0.717, 1.165) is 17.0 Å². The first-order valence-electron chi connectivity index (χ1n) is 5.73. The van der Waals surface area contributed by atoms with Gasteiger partial charge in [0.1, 0.15) is 5.52 Å². The van der Waals surface area contributed by atoms with Crippen molar-refractivity contribution in [3.63, 3.8) is 0 Å². The predicted molar refractivity (Wildman–Crippen MR) is 70.1 cm³/mol. The van der Waals surface area contributed by atoms with Crippen LogP contribution in [-0.4, -0.2) is 14.8 Å². The summed E-state index contributed by atoms with van der Waals surface area (Å²) in [6.07, 6.45) is 0. The summed E-state index contributed by atoms with van der Waals surface area (Å²) < 4.78 is 7.59. The second kappa shape index (κ2) is 3.60. The Morgan fingerprint density at radius 1 is 1.28 bits per heavy atom. The molecule has 18 heavy (non-hydrogen) atoms. The highest BCUT2D eigenvalue weighted by Gasteiger charge is 2.18. The number of rotatable bonds is 1. The lowest BCUT2D eigenvalue weighted by atomic mass is 10.2. The third-order valence-corrected chi connectivity index (χ3v) is 3.17. The van der Waals surface area contributed by atoms with Gasteiger partial charge in [0.15, 0.2) is 5.58 Å². The molecule has 3 aromatic rings. The van der Waals surface area contributed by atoms with E-state index in [1.807, 2.05) is 43.8 Å². The maximum Gasteiger partial charge on any atom is 0.231 e. The first-order chi connectivity index (χ1) is 8.58. The van der Waals surface area contributed by atoms with Crippen molar-refractivity contribution in [1.29, 1.82) is 0 Å². The number of hydrogen-bond donors (Lipinski definition) is 1. The Kier molecular flexibility index (Phi) is 2.16. The molecule has 0 amide bonds. The third kappa shape index (κ3) is 1.40. The zero-order valence-electron chi connectivity index (χ0n) is 10.6. The van der Waals surface area contributed by atoms with Crippen molar-refractivity contribution in [2.45, 2.75) is 13.8 Å². The first kappa shape index (κ1) is 10.8. The fraction of sp³-hybridized carbons (Fsp3) is 0.231. The molecule has 0 aliphatic heterocycles. The Morgan fingerprint density at radius 3 is 2.67 bits per heavy atom. The van der Waals surface area contributed by atoms with Gasteiger partial charge in [-0.2, -0.15) is 5.10 Å². The number of nitrogens with zero attached hydrogens (tertiary/aromatic N) is 3. The van der Waals surface area contributed by atoms with E-state index in [-0.39, 0.29) is 0 Å². The normalized spacial score (nSPS) is 11.3. The van der Waals surface area contributed by atoms with Crippen LogP contribution >= 0.6 is 0 Å². The first-order valence-corrected chi connectivity index (χ1v) is 5.73. The summed E-state index contributed by atoms with van der Waals surface area (Å²) in [4.78, 5) is 4.47. The van der Waals surface area contributed by atoms with Crippen molar-refractivity contribution in [3.05, 3.63) is 29.6 Å². The number of aryl methyl sites for hydroxylation is 2. The van der Waals surface area contributed by atoms with E-state index < -0.39 is 0 Å². The van der Waals surface area contributed by atoms with Crippen LogP contribution in [0.4, 0.5) is 5.69 Å². The molecule has 0 unspecified atom stereocenters. The largest absolute Gasteiger partial charge is 0.436 e. The third-order valence-electron chi connectivity index (χ3n) is 3.17. The van der Waals surface area contributed by atoms with Crippen molar-refractivity contribution in [2.24, 2.45) is 7.05 Å². The lowest BCUT2D eigenvalue weighted by Crippen LogP contribution is -1.92. The van der Waals surface area contributed by atoms with Gasteiger partial charge in [0.2, 0.25) is 5.89 Å². The van der Waals surface area contributed by atoms with Crippen molar-refractivity contribution >= 4 is 16.8 Å². The summed E-state index contributed by atoms with van der Waals surface area (Å²) in [5, 5.41) is 4.37. The van der Waals surface area contributed by atoms with Gasteiger partial charge in [-0.15, -0.1) is 0 Å². The van der Waals surface area contributed by atoms with Crippen molar-refractivity contribution in [3.8, 4) is 11.5 Å². The molecule has 5 nitrogen and oxygen atoms in total. The topological polar surface area (TPSA) is 69.9 Å². The maximum atomic E-state index is 5.89. The van der Waals surface area contributed by atoms with Crippen LogP contribution in [0, 0.1) is 13.8 Å². The van der Waals surface area contributed by atoms with E-state index >= 15 is 0 Å². The molecule has 0 aliphatic carbocycles. The molecule has 0 aliphatic rings. The van der Waals surface area contributed by atoms with E-state index in [9.17, 15) is 0 Å². The number of nitrogens with two attached hydrogens (primary N) is 1.